The first-order valence-electron chi connectivity index (χ1n) is 34.4. The van der Waals surface area contributed by atoms with Gasteiger partial charge in [0.15, 0.2) is 6.29 Å². The highest BCUT2D eigenvalue weighted by Gasteiger charge is 2.44. The van der Waals surface area contributed by atoms with E-state index in [9.17, 15) is 35.1 Å². The van der Waals surface area contributed by atoms with Crippen molar-refractivity contribution < 1.29 is 49.3 Å². The number of hydrogen-bond donors (Lipinski definition) is 6. The van der Waals surface area contributed by atoms with Crippen molar-refractivity contribution in [3.63, 3.8) is 0 Å². The number of amides is 1. The van der Waals surface area contributed by atoms with Crippen molar-refractivity contribution in [1.29, 1.82) is 0 Å². The zero-order valence-corrected chi connectivity index (χ0v) is 52.5. The van der Waals surface area contributed by atoms with Crippen LogP contribution in [0, 0.1) is 0 Å². The third-order valence-electron chi connectivity index (χ3n) is 16.2. The lowest BCUT2D eigenvalue weighted by Gasteiger charge is -2.40. The van der Waals surface area contributed by atoms with Gasteiger partial charge < -0.3 is 45.1 Å². The molecule has 1 aliphatic rings. The van der Waals surface area contributed by atoms with Crippen LogP contribution in [-0.4, -0.2) is 100 Å². The van der Waals surface area contributed by atoms with Gasteiger partial charge in [0.1, 0.15) is 24.4 Å². The molecule has 0 saturated carbocycles. The van der Waals surface area contributed by atoms with Crippen molar-refractivity contribution in [1.82, 2.24) is 5.32 Å². The molecule has 1 saturated heterocycles. The summed E-state index contributed by atoms with van der Waals surface area (Å²) in [5.41, 5.74) is 0. The average Bonchev–Trinajstić information content (AvgIpc) is 3.51. The lowest BCUT2D eigenvalue weighted by Crippen LogP contribution is -2.60. The molecule has 0 aromatic carbocycles. The van der Waals surface area contributed by atoms with Gasteiger partial charge in [0.05, 0.1) is 32.0 Å². The highest BCUT2D eigenvalue weighted by atomic mass is 16.7. The van der Waals surface area contributed by atoms with Crippen LogP contribution in [0.2, 0.25) is 0 Å². The summed E-state index contributed by atoms with van der Waals surface area (Å²) in [6.07, 6.45) is 66.5. The van der Waals surface area contributed by atoms with Gasteiger partial charge in [-0.1, -0.05) is 268 Å². The van der Waals surface area contributed by atoms with E-state index in [1.807, 2.05) is 6.08 Å². The number of ether oxygens (including phenoxy) is 3. The predicted octanol–water partition coefficient (Wildman–Crippen LogP) is 17.2. The Hall–Kier alpha value is -2.38. The number of unbranched alkanes of at least 4 members (excludes halogenated alkanes) is 40. The van der Waals surface area contributed by atoms with Crippen molar-refractivity contribution in [2.24, 2.45) is 0 Å². The van der Waals surface area contributed by atoms with Gasteiger partial charge in [-0.2, -0.15) is 0 Å². The summed E-state index contributed by atoms with van der Waals surface area (Å²) in [5, 5.41) is 54.5. The van der Waals surface area contributed by atoms with Crippen molar-refractivity contribution in [3.05, 3.63) is 48.6 Å². The first kappa shape index (κ1) is 76.6. The summed E-state index contributed by atoms with van der Waals surface area (Å²) in [5.74, 6) is -0.193. The minimum Gasteiger partial charge on any atom is -0.466 e. The molecule has 0 aromatic rings. The van der Waals surface area contributed by atoms with Crippen LogP contribution >= 0.6 is 0 Å². The maximum atomic E-state index is 13.1. The summed E-state index contributed by atoms with van der Waals surface area (Å²) in [6, 6.07) is -0.813. The molecule has 0 spiro atoms. The minimum atomic E-state index is -1.57. The Kier molecular flexibility index (Phi) is 56.2. The fourth-order valence-corrected chi connectivity index (χ4v) is 10.7. The number of rotatable bonds is 60. The number of esters is 1. The van der Waals surface area contributed by atoms with E-state index in [0.717, 1.165) is 70.6 Å². The summed E-state index contributed by atoms with van der Waals surface area (Å²) in [6.45, 7) is 4.33. The Balaban J connectivity index is 2.03. The molecule has 11 heteroatoms. The first-order valence-corrected chi connectivity index (χ1v) is 34.4. The Bertz CT molecular complexity index is 1480. The molecule has 1 fully saturated rings. The third kappa shape index (κ3) is 48.5. The van der Waals surface area contributed by atoms with Gasteiger partial charge in [-0.05, 0) is 89.9 Å². The second-order valence-corrected chi connectivity index (χ2v) is 23.9. The van der Waals surface area contributed by atoms with E-state index in [4.69, 9.17) is 14.2 Å². The number of carbonyl (C=O) groups excluding carboxylic acids is 2. The van der Waals surface area contributed by atoms with Crippen molar-refractivity contribution in [2.45, 2.75) is 365 Å². The zero-order valence-electron chi connectivity index (χ0n) is 52.5. The monoisotopic (exact) mass is 1140 g/mol. The maximum Gasteiger partial charge on any atom is 0.305 e. The molecule has 1 amide bonds. The molecule has 0 bridgehead atoms. The zero-order chi connectivity index (χ0) is 58.7. The molecule has 0 radical (unpaired) electrons. The Morgan fingerprint density at radius 1 is 0.457 bits per heavy atom. The second kappa shape index (κ2) is 59.4. The van der Waals surface area contributed by atoms with Crippen molar-refractivity contribution in [2.75, 3.05) is 19.8 Å². The quantitative estimate of drug-likeness (QED) is 0.0195. The number of aliphatic hydroxyl groups excluding tert-OH is 5. The van der Waals surface area contributed by atoms with Gasteiger partial charge >= 0.3 is 5.97 Å². The molecule has 7 unspecified atom stereocenters. The van der Waals surface area contributed by atoms with Crippen LogP contribution in [0.4, 0.5) is 0 Å². The minimum absolute atomic E-state index is 0.00914. The number of nitrogens with one attached hydrogen (secondary N) is 1. The first-order chi connectivity index (χ1) is 39.7. The van der Waals surface area contributed by atoms with Gasteiger partial charge in [0.2, 0.25) is 5.91 Å². The van der Waals surface area contributed by atoms with E-state index < -0.39 is 49.5 Å². The third-order valence-corrected chi connectivity index (χ3v) is 16.2. The van der Waals surface area contributed by atoms with Crippen LogP contribution in [-0.2, 0) is 23.8 Å². The van der Waals surface area contributed by atoms with Crippen molar-refractivity contribution in [3.8, 4) is 0 Å². The van der Waals surface area contributed by atoms with Crippen LogP contribution in [0.25, 0.3) is 0 Å². The van der Waals surface area contributed by atoms with Crippen LogP contribution in [0.15, 0.2) is 48.6 Å². The summed E-state index contributed by atoms with van der Waals surface area (Å²) < 4.78 is 16.7. The molecular weight excluding hydrogens is 1010 g/mol. The number of aliphatic hydroxyl groups is 5. The predicted molar refractivity (Wildman–Crippen MR) is 338 cm³/mol. The van der Waals surface area contributed by atoms with Gasteiger partial charge in [-0.25, -0.2) is 0 Å². The van der Waals surface area contributed by atoms with E-state index in [1.165, 1.54) is 225 Å². The van der Waals surface area contributed by atoms with Gasteiger partial charge in [0, 0.05) is 12.8 Å². The molecule has 1 heterocycles. The standard InChI is InChI=1S/C70H129NO10/c1-3-5-7-9-11-13-15-17-33-36-40-44-48-52-56-63(73)62(61-80-70-69(78)68(77)67(76)64(60-72)81-70)71-65(74)57-53-49-45-41-37-34-31-29-27-25-23-21-19-18-20-22-24-26-28-30-32-35-39-43-47-51-55-59-79-66(75)58-54-50-46-42-38-16-14-12-10-8-6-4-2/h12,14,18-19,22,24,52,56,62-64,67-70,72-73,76-78H,3-11,13,15-17,20-21,23,25-51,53-55,57-61H2,1-2H3,(H,71,74)/b14-12-,19-18-,24-22-,56-52+. The highest BCUT2D eigenvalue weighted by molar-refractivity contribution is 5.76. The van der Waals surface area contributed by atoms with E-state index in [1.54, 1.807) is 6.08 Å². The van der Waals surface area contributed by atoms with E-state index in [2.05, 4.69) is 55.6 Å². The molecular formula is C70H129NO10. The lowest BCUT2D eigenvalue weighted by molar-refractivity contribution is -0.302. The number of hydrogen-bond acceptors (Lipinski definition) is 10. The maximum absolute atomic E-state index is 13.1. The Labute approximate surface area is 497 Å². The topological polar surface area (TPSA) is 175 Å². The summed E-state index contributed by atoms with van der Waals surface area (Å²) in [4.78, 5) is 25.1. The number of carbonyl (C=O) groups is 2. The normalized spacial score (nSPS) is 18.5. The molecule has 0 aromatic heterocycles. The Morgan fingerprint density at radius 3 is 1.28 bits per heavy atom. The summed E-state index contributed by atoms with van der Waals surface area (Å²) >= 11 is 0. The molecule has 0 aliphatic carbocycles. The van der Waals surface area contributed by atoms with Gasteiger partial charge in [0.25, 0.3) is 0 Å². The smallest absolute Gasteiger partial charge is 0.305 e. The average molecular weight is 1140 g/mol. The summed E-state index contributed by atoms with van der Waals surface area (Å²) in [7, 11) is 0. The molecule has 1 aliphatic heterocycles. The van der Waals surface area contributed by atoms with Gasteiger partial charge in [-0.3, -0.25) is 9.59 Å². The van der Waals surface area contributed by atoms with E-state index >= 15 is 0 Å². The molecule has 474 valence electrons. The second-order valence-electron chi connectivity index (χ2n) is 23.9. The fraction of sp³-hybridized carbons (Fsp3) is 0.857. The molecule has 7 atom stereocenters. The van der Waals surface area contributed by atoms with E-state index in [0.29, 0.717) is 19.4 Å². The largest absolute Gasteiger partial charge is 0.466 e. The van der Waals surface area contributed by atoms with Crippen LogP contribution in [0.3, 0.4) is 0 Å². The van der Waals surface area contributed by atoms with Gasteiger partial charge in [-0.15, -0.1) is 0 Å². The molecule has 11 nitrogen and oxygen atoms in total. The Morgan fingerprint density at radius 2 is 0.827 bits per heavy atom. The molecule has 6 N–H and O–H groups in total. The highest BCUT2D eigenvalue weighted by Crippen LogP contribution is 2.23. The molecule has 81 heavy (non-hydrogen) atoms. The SMILES string of the molecule is CCCCC/C=C\CCCCCCCC(=O)OCCCCCCCCCCC/C=C\C/C=C\CCCCCCCCCCCCCC(=O)NC(COC1OC(CO)C(O)C(O)C1O)C(O)/C=C/CCCCCCCCCCCCCC. The van der Waals surface area contributed by atoms with Crippen LogP contribution < -0.4 is 5.32 Å². The van der Waals surface area contributed by atoms with Crippen LogP contribution in [0.5, 0.6) is 0 Å². The lowest BCUT2D eigenvalue weighted by atomic mass is 9.99. The fourth-order valence-electron chi connectivity index (χ4n) is 10.7. The van der Waals surface area contributed by atoms with E-state index in [-0.39, 0.29) is 18.5 Å². The molecule has 1 rings (SSSR count). The number of allylic oxidation sites excluding steroid dienone is 7. The van der Waals surface area contributed by atoms with Crippen LogP contribution in [0.1, 0.15) is 322 Å². The van der Waals surface area contributed by atoms with Crippen molar-refractivity contribution >= 4 is 11.9 Å².